The summed E-state index contributed by atoms with van der Waals surface area (Å²) in [5.41, 5.74) is 0. The molecule has 0 saturated heterocycles. The van der Waals surface area contributed by atoms with Gasteiger partial charge in [0.05, 0.1) is 0 Å². The van der Waals surface area contributed by atoms with E-state index in [0.717, 1.165) is 6.42 Å². The molecule has 0 unspecified atom stereocenters. The molecule has 0 atom stereocenters. The summed E-state index contributed by atoms with van der Waals surface area (Å²) in [5, 5.41) is 0. The Morgan fingerprint density at radius 3 is 2.17 bits per heavy atom. The van der Waals surface area contributed by atoms with Gasteiger partial charge in [-0.2, -0.15) is 0 Å². The molecule has 3 radical (unpaired) electrons. The van der Waals surface area contributed by atoms with E-state index in [1.807, 2.05) is 0 Å². The van der Waals surface area contributed by atoms with Crippen LogP contribution in [-0.4, -0.2) is 0 Å². The van der Waals surface area contributed by atoms with Crippen LogP contribution in [0.4, 0.5) is 0 Å². The summed E-state index contributed by atoms with van der Waals surface area (Å²) < 4.78 is 0. The highest BCUT2D eigenvalue weighted by Crippen LogP contribution is 1.95. The van der Waals surface area contributed by atoms with Crippen LogP contribution in [0.15, 0.2) is 0 Å². The average molecular weight is 83.2 g/mol. The van der Waals surface area contributed by atoms with E-state index in [4.69, 9.17) is 6.92 Å². The lowest BCUT2D eigenvalue weighted by Gasteiger charge is -1.85. The van der Waals surface area contributed by atoms with Gasteiger partial charge < -0.3 is 0 Å². The molecule has 0 saturated carbocycles. The fourth-order valence-electron chi connectivity index (χ4n) is 0.375. The molecule has 0 fully saturated rings. The minimum atomic E-state index is 0.605. The van der Waals surface area contributed by atoms with E-state index in [1.165, 1.54) is 12.8 Å². The largest absolute Gasteiger partial charge is 0.0654 e. The van der Waals surface area contributed by atoms with Gasteiger partial charge in [-0.1, -0.05) is 26.2 Å². The first-order valence-corrected chi connectivity index (χ1v) is 2.56. The zero-order valence-electron chi connectivity index (χ0n) is 4.33. The highest BCUT2D eigenvalue weighted by Gasteiger charge is 1.75. The minimum Gasteiger partial charge on any atom is -0.0654 e. The van der Waals surface area contributed by atoms with E-state index in [9.17, 15) is 0 Å². The van der Waals surface area contributed by atoms with E-state index in [0.29, 0.717) is 6.42 Å². The summed E-state index contributed by atoms with van der Waals surface area (Å²) in [4.78, 5) is 0. The first-order valence-electron chi connectivity index (χ1n) is 2.56. The van der Waals surface area contributed by atoms with E-state index in [-0.39, 0.29) is 0 Å². The SMILES string of the molecule is [C]CCCCC. The Balaban J connectivity index is 2.34. The first-order chi connectivity index (χ1) is 2.91. The Labute approximate surface area is 40.6 Å². The summed E-state index contributed by atoms with van der Waals surface area (Å²) in [6, 6.07) is 0. The van der Waals surface area contributed by atoms with E-state index in [1.54, 1.807) is 0 Å². The molecule has 0 nitrogen and oxygen atoms in total. The number of hydrogen-bond acceptors (Lipinski definition) is 0. The maximum atomic E-state index is 6.71. The smallest absolute Gasteiger partial charge is 0.00936 e. The number of hydrogen-bond donors (Lipinski definition) is 0. The van der Waals surface area contributed by atoms with Crippen molar-refractivity contribution in [1.29, 1.82) is 0 Å². The van der Waals surface area contributed by atoms with Crippen molar-refractivity contribution in [2.75, 3.05) is 0 Å². The molecule has 0 rings (SSSR count). The van der Waals surface area contributed by atoms with Crippen LogP contribution < -0.4 is 0 Å². The second-order valence-corrected chi connectivity index (χ2v) is 1.46. The van der Waals surface area contributed by atoms with Crippen molar-refractivity contribution in [3.8, 4) is 0 Å². The standard InChI is InChI=1S/C6H11/c1-3-5-6-4-2/h3-6H2,1H3. The van der Waals surface area contributed by atoms with Crippen LogP contribution in [0, 0.1) is 6.92 Å². The Hall–Kier alpha value is 0. The summed E-state index contributed by atoms with van der Waals surface area (Å²) >= 11 is 0. The summed E-state index contributed by atoms with van der Waals surface area (Å²) in [7, 11) is 0. The van der Waals surface area contributed by atoms with Crippen LogP contribution in [0.3, 0.4) is 0 Å². The molecule has 6 heavy (non-hydrogen) atoms. The van der Waals surface area contributed by atoms with Crippen LogP contribution in [0.25, 0.3) is 0 Å². The molecule has 0 aromatic rings. The highest BCUT2D eigenvalue weighted by molar-refractivity contribution is 4.38. The topological polar surface area (TPSA) is 0 Å². The van der Waals surface area contributed by atoms with Crippen molar-refractivity contribution >= 4 is 0 Å². The highest BCUT2D eigenvalue weighted by atomic mass is 13.8. The Morgan fingerprint density at radius 1 is 1.33 bits per heavy atom. The van der Waals surface area contributed by atoms with E-state index in [2.05, 4.69) is 6.92 Å². The molecule has 0 aromatic carbocycles. The normalized spacial score (nSPS) is 9.00. The monoisotopic (exact) mass is 83.1 g/mol. The lowest BCUT2D eigenvalue weighted by atomic mass is 10.2. The van der Waals surface area contributed by atoms with Crippen molar-refractivity contribution in [2.24, 2.45) is 0 Å². The van der Waals surface area contributed by atoms with Crippen molar-refractivity contribution in [2.45, 2.75) is 32.6 Å². The molecule has 0 bridgehead atoms. The average Bonchev–Trinajstić information content (AvgIpc) is 1.61. The van der Waals surface area contributed by atoms with Gasteiger partial charge in [-0.25, -0.2) is 0 Å². The zero-order chi connectivity index (χ0) is 4.83. The van der Waals surface area contributed by atoms with Gasteiger partial charge in [-0.15, -0.1) is 0 Å². The summed E-state index contributed by atoms with van der Waals surface area (Å²) in [6.45, 7) is 8.85. The molecule has 0 amide bonds. The second-order valence-electron chi connectivity index (χ2n) is 1.46. The minimum absolute atomic E-state index is 0.605. The molecular formula is C6H11. The third kappa shape index (κ3) is 4.00. The molecule has 35 valence electrons. The third-order valence-corrected chi connectivity index (χ3v) is 0.780. The molecule has 0 heterocycles. The lowest BCUT2D eigenvalue weighted by Crippen LogP contribution is -1.66. The van der Waals surface area contributed by atoms with Crippen molar-refractivity contribution in [3.63, 3.8) is 0 Å². The molecular weight excluding hydrogens is 72.1 g/mol. The van der Waals surface area contributed by atoms with Gasteiger partial charge in [0.1, 0.15) is 0 Å². The van der Waals surface area contributed by atoms with Crippen LogP contribution in [0.5, 0.6) is 0 Å². The second kappa shape index (κ2) is 5.00. The molecule has 0 spiro atoms. The van der Waals surface area contributed by atoms with Gasteiger partial charge in [0.15, 0.2) is 0 Å². The fourth-order valence-corrected chi connectivity index (χ4v) is 0.375. The molecule has 0 N–H and O–H groups in total. The van der Waals surface area contributed by atoms with E-state index >= 15 is 0 Å². The Kier molecular flexibility index (Phi) is 5.00. The molecule has 0 aliphatic rings. The van der Waals surface area contributed by atoms with Gasteiger partial charge in [-0.3, -0.25) is 0 Å². The van der Waals surface area contributed by atoms with Crippen LogP contribution in [0.2, 0.25) is 0 Å². The molecule has 0 aliphatic heterocycles. The quantitative estimate of drug-likeness (QED) is 0.459. The van der Waals surface area contributed by atoms with Crippen LogP contribution in [0.1, 0.15) is 32.6 Å². The third-order valence-electron chi connectivity index (χ3n) is 0.780. The van der Waals surface area contributed by atoms with Gasteiger partial charge in [0, 0.05) is 0 Å². The fraction of sp³-hybridized carbons (Fsp3) is 0.833. The molecule has 0 aliphatic carbocycles. The number of rotatable bonds is 3. The first kappa shape index (κ1) is 6.00. The Morgan fingerprint density at radius 2 is 2.00 bits per heavy atom. The maximum Gasteiger partial charge on any atom is -0.00936 e. The van der Waals surface area contributed by atoms with Gasteiger partial charge in [0.25, 0.3) is 0 Å². The van der Waals surface area contributed by atoms with Gasteiger partial charge >= 0.3 is 0 Å². The van der Waals surface area contributed by atoms with Crippen LogP contribution in [-0.2, 0) is 0 Å². The van der Waals surface area contributed by atoms with Crippen LogP contribution >= 0.6 is 0 Å². The predicted molar refractivity (Wildman–Crippen MR) is 27.4 cm³/mol. The van der Waals surface area contributed by atoms with E-state index < -0.39 is 0 Å². The summed E-state index contributed by atoms with van der Waals surface area (Å²) in [6.07, 6.45) is 4.15. The zero-order valence-corrected chi connectivity index (χ0v) is 4.33. The molecule has 0 heteroatoms. The predicted octanol–water partition coefficient (Wildman–Crippen LogP) is 2.15. The number of unbranched alkanes of at least 4 members (excludes halogenated alkanes) is 3. The Bertz CT molecular complexity index is 12.0. The van der Waals surface area contributed by atoms with Crippen molar-refractivity contribution in [1.82, 2.24) is 0 Å². The molecule has 0 aromatic heterocycles. The lowest BCUT2D eigenvalue weighted by molar-refractivity contribution is 0.728. The summed E-state index contributed by atoms with van der Waals surface area (Å²) in [5.74, 6) is 0. The van der Waals surface area contributed by atoms with Gasteiger partial charge in [-0.05, 0) is 13.3 Å². The van der Waals surface area contributed by atoms with Crippen molar-refractivity contribution < 1.29 is 0 Å². The van der Waals surface area contributed by atoms with Gasteiger partial charge in [0.2, 0.25) is 0 Å². The van der Waals surface area contributed by atoms with Crippen molar-refractivity contribution in [3.05, 3.63) is 6.92 Å². The maximum absolute atomic E-state index is 6.71.